The van der Waals surface area contributed by atoms with Gasteiger partial charge in [0, 0.05) is 6.07 Å². The van der Waals surface area contributed by atoms with E-state index < -0.39 is 22.5 Å². The van der Waals surface area contributed by atoms with Crippen molar-refractivity contribution in [2.24, 2.45) is 0 Å². The number of anilines is 1. The molecule has 0 aromatic heterocycles. The first-order valence-corrected chi connectivity index (χ1v) is 9.14. The van der Waals surface area contributed by atoms with E-state index in [1.807, 2.05) is 0 Å². The molecule has 0 bridgehead atoms. The Kier molecular flexibility index (Phi) is 4.90. The molecule has 26 heavy (non-hydrogen) atoms. The Hall–Kier alpha value is -2.94. The number of hydrogen-bond acceptors (Lipinski definition) is 6. The Balaban J connectivity index is 2.02. The molecule has 0 fully saturated rings. The van der Waals surface area contributed by atoms with Crippen LogP contribution in [0.3, 0.4) is 0 Å². The summed E-state index contributed by atoms with van der Waals surface area (Å²) < 4.78 is 42.8. The molecule has 2 aromatic carbocycles. The molecular formula is C17H17NO7S. The number of carboxylic acid groups (broad SMARTS) is 1. The fourth-order valence-electron chi connectivity index (χ4n) is 2.50. The minimum absolute atomic E-state index is 0.0844. The summed E-state index contributed by atoms with van der Waals surface area (Å²) in [5.74, 6) is 0.00875. The number of methoxy groups -OCH3 is 1. The van der Waals surface area contributed by atoms with Crippen LogP contribution >= 0.6 is 0 Å². The van der Waals surface area contributed by atoms with Gasteiger partial charge in [-0.05, 0) is 36.4 Å². The fraction of sp³-hybridized carbons (Fsp3) is 0.235. The molecule has 138 valence electrons. The number of ether oxygens (including phenoxy) is 3. The van der Waals surface area contributed by atoms with Gasteiger partial charge < -0.3 is 19.3 Å². The van der Waals surface area contributed by atoms with Crippen molar-refractivity contribution in [1.29, 1.82) is 0 Å². The lowest BCUT2D eigenvalue weighted by Crippen LogP contribution is -2.35. The lowest BCUT2D eigenvalue weighted by atomic mass is 10.3. The monoisotopic (exact) mass is 379 g/mol. The van der Waals surface area contributed by atoms with Gasteiger partial charge >= 0.3 is 5.97 Å². The van der Waals surface area contributed by atoms with E-state index in [-0.39, 0.29) is 10.6 Å². The number of hydrogen-bond donors (Lipinski definition) is 1. The highest BCUT2D eigenvalue weighted by Gasteiger charge is 2.28. The van der Waals surface area contributed by atoms with Crippen LogP contribution in [0.1, 0.15) is 0 Å². The normalized spacial score (nSPS) is 13.1. The van der Waals surface area contributed by atoms with E-state index in [9.17, 15) is 18.3 Å². The maximum atomic E-state index is 13.0. The summed E-state index contributed by atoms with van der Waals surface area (Å²) in [6, 6.07) is 10.3. The second kappa shape index (κ2) is 7.12. The molecule has 0 radical (unpaired) electrons. The van der Waals surface area contributed by atoms with Crippen molar-refractivity contribution in [2.75, 3.05) is 31.2 Å². The van der Waals surface area contributed by atoms with Crippen LogP contribution in [0.15, 0.2) is 47.4 Å². The van der Waals surface area contributed by atoms with Crippen molar-refractivity contribution in [3.63, 3.8) is 0 Å². The summed E-state index contributed by atoms with van der Waals surface area (Å²) >= 11 is 0. The lowest BCUT2D eigenvalue weighted by Gasteiger charge is -2.24. The van der Waals surface area contributed by atoms with Crippen LogP contribution in [0.25, 0.3) is 0 Å². The molecule has 0 saturated carbocycles. The number of carboxylic acids is 1. The zero-order valence-electron chi connectivity index (χ0n) is 13.9. The van der Waals surface area contributed by atoms with Crippen LogP contribution in [0.2, 0.25) is 0 Å². The molecule has 0 spiro atoms. The highest BCUT2D eigenvalue weighted by atomic mass is 32.2. The Labute approximate surface area is 150 Å². The van der Waals surface area contributed by atoms with Gasteiger partial charge in [0.15, 0.2) is 11.5 Å². The maximum Gasteiger partial charge on any atom is 0.324 e. The van der Waals surface area contributed by atoms with Crippen molar-refractivity contribution in [2.45, 2.75) is 4.90 Å². The molecule has 9 heteroatoms. The number of carbonyl (C=O) groups is 1. The van der Waals surface area contributed by atoms with Gasteiger partial charge in [-0.2, -0.15) is 0 Å². The van der Waals surface area contributed by atoms with Gasteiger partial charge in [-0.1, -0.05) is 0 Å². The zero-order chi connectivity index (χ0) is 18.7. The van der Waals surface area contributed by atoms with Crippen molar-refractivity contribution in [1.82, 2.24) is 0 Å². The fourth-order valence-corrected chi connectivity index (χ4v) is 3.93. The van der Waals surface area contributed by atoms with Crippen molar-refractivity contribution in [3.05, 3.63) is 42.5 Å². The van der Waals surface area contributed by atoms with Crippen LogP contribution in [0.4, 0.5) is 5.69 Å². The van der Waals surface area contributed by atoms with Gasteiger partial charge in [0.1, 0.15) is 25.5 Å². The third-order valence-electron chi connectivity index (χ3n) is 3.74. The number of nitrogens with zero attached hydrogens (tertiary/aromatic N) is 1. The average molecular weight is 379 g/mol. The molecule has 1 aliphatic heterocycles. The number of aliphatic carboxylic acids is 1. The van der Waals surface area contributed by atoms with E-state index in [1.165, 1.54) is 37.4 Å². The van der Waals surface area contributed by atoms with Crippen molar-refractivity contribution < 1.29 is 32.5 Å². The molecular weight excluding hydrogens is 362 g/mol. The van der Waals surface area contributed by atoms with Crippen molar-refractivity contribution >= 4 is 21.7 Å². The largest absolute Gasteiger partial charge is 0.497 e. The van der Waals surface area contributed by atoms with E-state index >= 15 is 0 Å². The molecule has 0 aliphatic carbocycles. The molecule has 3 rings (SSSR count). The van der Waals surface area contributed by atoms with E-state index in [0.717, 1.165) is 4.31 Å². The molecule has 0 atom stereocenters. The molecule has 2 aromatic rings. The number of sulfonamides is 1. The quantitative estimate of drug-likeness (QED) is 0.816. The highest BCUT2D eigenvalue weighted by molar-refractivity contribution is 7.92. The Bertz CT molecular complexity index is 909. The standard InChI is InChI=1S/C17H17NO7S/c1-23-13-4-2-12(3-5-13)18(11-17(19)20)26(21,22)14-6-7-15-16(10-14)25-9-8-24-15/h2-7,10H,8-9,11H2,1H3,(H,19,20). The number of fused-ring (bicyclic) bond motifs is 1. The zero-order valence-corrected chi connectivity index (χ0v) is 14.7. The van der Waals surface area contributed by atoms with Gasteiger partial charge in [-0.3, -0.25) is 9.10 Å². The van der Waals surface area contributed by atoms with Gasteiger partial charge in [0.05, 0.1) is 17.7 Å². The van der Waals surface area contributed by atoms with Crippen LogP contribution in [0, 0.1) is 0 Å². The van der Waals surface area contributed by atoms with Crippen LogP contribution < -0.4 is 18.5 Å². The van der Waals surface area contributed by atoms with E-state index in [1.54, 1.807) is 12.1 Å². The van der Waals surface area contributed by atoms with E-state index in [4.69, 9.17) is 14.2 Å². The number of benzene rings is 2. The Morgan fingerprint density at radius 1 is 1.12 bits per heavy atom. The topological polar surface area (TPSA) is 102 Å². The molecule has 1 aliphatic rings. The summed E-state index contributed by atoms with van der Waals surface area (Å²) in [4.78, 5) is 11.2. The average Bonchev–Trinajstić information content (AvgIpc) is 2.65. The summed E-state index contributed by atoms with van der Waals surface area (Å²) in [6.07, 6.45) is 0. The first-order valence-electron chi connectivity index (χ1n) is 7.70. The highest BCUT2D eigenvalue weighted by Crippen LogP contribution is 2.34. The molecule has 0 amide bonds. The second-order valence-corrected chi connectivity index (χ2v) is 7.27. The number of rotatable bonds is 6. The minimum Gasteiger partial charge on any atom is -0.497 e. The maximum absolute atomic E-state index is 13.0. The predicted octanol–water partition coefficient (Wildman–Crippen LogP) is 1.75. The molecule has 8 nitrogen and oxygen atoms in total. The van der Waals surface area contributed by atoms with E-state index in [0.29, 0.717) is 30.5 Å². The van der Waals surface area contributed by atoms with E-state index in [2.05, 4.69) is 0 Å². The molecule has 0 saturated heterocycles. The van der Waals surface area contributed by atoms with Gasteiger partial charge in [-0.25, -0.2) is 8.42 Å². The third kappa shape index (κ3) is 3.52. The third-order valence-corrected chi connectivity index (χ3v) is 5.51. The van der Waals surface area contributed by atoms with Gasteiger partial charge in [0.2, 0.25) is 0 Å². The smallest absolute Gasteiger partial charge is 0.324 e. The summed E-state index contributed by atoms with van der Waals surface area (Å²) in [5, 5.41) is 9.17. The minimum atomic E-state index is -4.13. The first-order chi connectivity index (χ1) is 12.4. The van der Waals surface area contributed by atoms with Crippen LogP contribution in [0.5, 0.6) is 17.2 Å². The summed E-state index contributed by atoms with van der Waals surface area (Å²) in [6.45, 7) is -0.0208. The van der Waals surface area contributed by atoms with Crippen LogP contribution in [-0.2, 0) is 14.8 Å². The Morgan fingerprint density at radius 2 is 1.77 bits per heavy atom. The molecule has 0 unspecified atom stereocenters. The summed E-state index contributed by atoms with van der Waals surface area (Å²) in [5.41, 5.74) is 0.211. The van der Waals surface area contributed by atoms with Gasteiger partial charge in [0.25, 0.3) is 10.0 Å². The molecule has 1 N–H and O–H groups in total. The van der Waals surface area contributed by atoms with Gasteiger partial charge in [-0.15, -0.1) is 0 Å². The second-order valence-electron chi connectivity index (χ2n) is 5.41. The van der Waals surface area contributed by atoms with Crippen molar-refractivity contribution in [3.8, 4) is 17.2 Å². The first kappa shape index (κ1) is 17.9. The summed E-state index contributed by atoms with van der Waals surface area (Å²) in [7, 11) is -2.64. The molecule has 1 heterocycles. The SMILES string of the molecule is COc1ccc(N(CC(=O)O)S(=O)(=O)c2ccc3c(c2)OCCO3)cc1. The predicted molar refractivity (Wildman–Crippen MR) is 92.6 cm³/mol. The Morgan fingerprint density at radius 3 is 2.38 bits per heavy atom. The lowest BCUT2D eigenvalue weighted by molar-refractivity contribution is -0.135. The van der Waals surface area contributed by atoms with Crippen LogP contribution in [-0.4, -0.2) is 46.4 Å².